The van der Waals surface area contributed by atoms with Crippen LogP contribution in [0, 0.1) is 21.4 Å². The lowest BCUT2D eigenvalue weighted by molar-refractivity contribution is -0.384. The Morgan fingerprint density at radius 3 is 2.32 bits per heavy atom. The zero-order valence-corrected chi connectivity index (χ0v) is 12.3. The molecule has 0 aliphatic heterocycles. The molecule has 0 heterocycles. The van der Waals surface area contributed by atoms with Gasteiger partial charge in [0.1, 0.15) is 4.90 Å². The number of nitriles is 1. The molecule has 0 saturated heterocycles. The van der Waals surface area contributed by atoms with Crippen LogP contribution in [0.2, 0.25) is 5.02 Å². The first-order chi connectivity index (χ1) is 10.3. The third kappa shape index (κ3) is 3.33. The molecule has 0 atom stereocenters. The van der Waals surface area contributed by atoms with Crippen molar-refractivity contribution in [3.8, 4) is 11.8 Å². The predicted molar refractivity (Wildman–Crippen MR) is 77.1 cm³/mol. The molecule has 0 saturated carbocycles. The first-order valence-electron chi connectivity index (χ1n) is 5.72. The number of nitro groups is 1. The number of halogens is 1. The van der Waals surface area contributed by atoms with Crippen LogP contribution >= 0.6 is 11.6 Å². The molecule has 0 radical (unpaired) electrons. The fourth-order valence-electron chi connectivity index (χ4n) is 1.53. The third-order valence-corrected chi connectivity index (χ3v) is 4.14. The summed E-state index contributed by atoms with van der Waals surface area (Å²) in [7, 11) is -4.16. The van der Waals surface area contributed by atoms with E-state index in [1.54, 1.807) is 0 Å². The summed E-state index contributed by atoms with van der Waals surface area (Å²) in [5, 5.41) is 19.1. The number of hydrogen-bond acceptors (Lipinski definition) is 6. The van der Waals surface area contributed by atoms with E-state index in [4.69, 9.17) is 21.0 Å². The Balaban J connectivity index is 2.32. The van der Waals surface area contributed by atoms with Gasteiger partial charge in [-0.25, -0.2) is 0 Å². The van der Waals surface area contributed by atoms with E-state index in [-0.39, 0.29) is 21.4 Å². The van der Waals surface area contributed by atoms with Crippen molar-refractivity contribution in [3.05, 3.63) is 63.2 Å². The monoisotopic (exact) mass is 338 g/mol. The fourth-order valence-corrected chi connectivity index (χ4v) is 2.74. The first-order valence-corrected chi connectivity index (χ1v) is 7.51. The molecule has 2 aromatic rings. The second kappa shape index (κ2) is 6.01. The lowest BCUT2D eigenvalue weighted by Crippen LogP contribution is -2.10. The molecule has 0 unspecified atom stereocenters. The summed E-state index contributed by atoms with van der Waals surface area (Å²) in [6, 6.07) is 10.1. The van der Waals surface area contributed by atoms with Gasteiger partial charge in [-0.05, 0) is 30.3 Å². The second-order valence-corrected chi connectivity index (χ2v) is 6.00. The largest absolute Gasteiger partial charge is 0.377 e. The maximum atomic E-state index is 12.1. The SMILES string of the molecule is N#Cc1ccc(S(=O)(=O)Oc2ccc([N+](=O)[O-])cc2Cl)cc1. The van der Waals surface area contributed by atoms with Crippen molar-refractivity contribution in [1.82, 2.24) is 0 Å². The molecule has 0 spiro atoms. The van der Waals surface area contributed by atoms with E-state index < -0.39 is 15.0 Å². The fraction of sp³-hybridized carbons (Fsp3) is 0. The van der Waals surface area contributed by atoms with Crippen molar-refractivity contribution >= 4 is 27.4 Å². The highest BCUT2D eigenvalue weighted by molar-refractivity contribution is 7.87. The Labute approximate surface area is 130 Å². The Hall–Kier alpha value is -2.63. The topological polar surface area (TPSA) is 110 Å². The Bertz CT molecular complexity index is 872. The van der Waals surface area contributed by atoms with Gasteiger partial charge in [0.2, 0.25) is 0 Å². The molecule has 7 nitrogen and oxygen atoms in total. The van der Waals surface area contributed by atoms with Gasteiger partial charge in [0.05, 0.1) is 21.6 Å². The minimum atomic E-state index is -4.16. The molecular weight excluding hydrogens is 332 g/mol. The van der Waals surface area contributed by atoms with Gasteiger partial charge in [0.25, 0.3) is 5.69 Å². The second-order valence-electron chi connectivity index (χ2n) is 4.05. The van der Waals surface area contributed by atoms with Crippen LogP contribution in [0.5, 0.6) is 5.75 Å². The molecule has 2 rings (SSSR count). The molecule has 0 bridgehead atoms. The average Bonchev–Trinajstić information content (AvgIpc) is 2.49. The van der Waals surface area contributed by atoms with Crippen molar-refractivity contribution in [1.29, 1.82) is 5.26 Å². The summed E-state index contributed by atoms with van der Waals surface area (Å²) >= 11 is 5.78. The maximum absolute atomic E-state index is 12.1. The molecule has 0 amide bonds. The molecule has 0 aromatic heterocycles. The molecule has 0 fully saturated rings. The number of nitrogens with zero attached hydrogens (tertiary/aromatic N) is 2. The molecule has 0 N–H and O–H groups in total. The summed E-state index contributed by atoms with van der Waals surface area (Å²) in [6.07, 6.45) is 0. The number of non-ortho nitro benzene ring substituents is 1. The van der Waals surface area contributed by atoms with Gasteiger partial charge >= 0.3 is 10.1 Å². The number of hydrogen-bond donors (Lipinski definition) is 0. The molecule has 112 valence electrons. The van der Waals surface area contributed by atoms with Crippen molar-refractivity contribution < 1.29 is 17.5 Å². The van der Waals surface area contributed by atoms with Crippen LogP contribution < -0.4 is 4.18 Å². The van der Waals surface area contributed by atoms with Crippen LogP contribution in [0.3, 0.4) is 0 Å². The number of benzene rings is 2. The van der Waals surface area contributed by atoms with E-state index in [0.29, 0.717) is 5.56 Å². The van der Waals surface area contributed by atoms with Crippen molar-refractivity contribution in [3.63, 3.8) is 0 Å². The standard InChI is InChI=1S/C13H7ClN2O5S/c14-12-7-10(16(17)18)3-6-13(12)21-22(19,20)11-4-1-9(8-15)2-5-11/h1-7H. The number of nitro benzene ring substituents is 1. The molecular formula is C13H7ClN2O5S. The van der Waals surface area contributed by atoms with Crippen molar-refractivity contribution in [2.75, 3.05) is 0 Å². The van der Waals surface area contributed by atoms with E-state index in [1.807, 2.05) is 6.07 Å². The van der Waals surface area contributed by atoms with Gasteiger partial charge in [-0.1, -0.05) is 11.6 Å². The quantitative estimate of drug-likeness (QED) is 0.481. The van der Waals surface area contributed by atoms with Gasteiger partial charge in [0, 0.05) is 12.1 Å². The van der Waals surface area contributed by atoms with E-state index >= 15 is 0 Å². The molecule has 22 heavy (non-hydrogen) atoms. The normalized spacial score (nSPS) is 10.7. The molecule has 9 heteroatoms. The maximum Gasteiger partial charge on any atom is 0.339 e. The summed E-state index contributed by atoms with van der Waals surface area (Å²) in [6.45, 7) is 0. The van der Waals surface area contributed by atoms with E-state index in [9.17, 15) is 18.5 Å². The van der Waals surface area contributed by atoms with Crippen LogP contribution in [0.4, 0.5) is 5.69 Å². The minimum absolute atomic E-state index is 0.166. The van der Waals surface area contributed by atoms with Gasteiger partial charge in [-0.3, -0.25) is 10.1 Å². The van der Waals surface area contributed by atoms with E-state index in [1.165, 1.54) is 24.3 Å². The zero-order valence-electron chi connectivity index (χ0n) is 10.8. The summed E-state index contributed by atoms with van der Waals surface area (Å²) in [4.78, 5) is 9.77. The van der Waals surface area contributed by atoms with Crippen LogP contribution in [-0.4, -0.2) is 13.3 Å². The molecule has 2 aromatic carbocycles. The summed E-state index contributed by atoms with van der Waals surface area (Å²) in [5.74, 6) is -0.225. The predicted octanol–water partition coefficient (Wildman–Crippen LogP) is 2.89. The highest BCUT2D eigenvalue weighted by Gasteiger charge is 2.19. The van der Waals surface area contributed by atoms with Crippen LogP contribution in [0.25, 0.3) is 0 Å². The third-order valence-electron chi connectivity index (χ3n) is 2.60. The minimum Gasteiger partial charge on any atom is -0.377 e. The first kappa shape index (κ1) is 15.8. The molecule has 0 aliphatic rings. The highest BCUT2D eigenvalue weighted by atomic mass is 35.5. The molecule has 0 aliphatic carbocycles. The van der Waals surface area contributed by atoms with Gasteiger partial charge < -0.3 is 4.18 Å². The Morgan fingerprint density at radius 1 is 1.18 bits per heavy atom. The van der Waals surface area contributed by atoms with Gasteiger partial charge in [-0.2, -0.15) is 13.7 Å². The van der Waals surface area contributed by atoms with E-state index in [0.717, 1.165) is 18.2 Å². The van der Waals surface area contributed by atoms with Crippen LogP contribution in [-0.2, 0) is 10.1 Å². The lowest BCUT2D eigenvalue weighted by atomic mass is 10.2. The van der Waals surface area contributed by atoms with Gasteiger partial charge in [-0.15, -0.1) is 0 Å². The highest BCUT2D eigenvalue weighted by Crippen LogP contribution is 2.30. The van der Waals surface area contributed by atoms with Crippen molar-refractivity contribution in [2.24, 2.45) is 0 Å². The zero-order chi connectivity index (χ0) is 16.3. The van der Waals surface area contributed by atoms with Crippen LogP contribution in [0.15, 0.2) is 47.4 Å². The Morgan fingerprint density at radius 2 is 1.82 bits per heavy atom. The Kier molecular flexibility index (Phi) is 4.30. The smallest absolute Gasteiger partial charge is 0.339 e. The van der Waals surface area contributed by atoms with Crippen molar-refractivity contribution in [2.45, 2.75) is 4.90 Å². The van der Waals surface area contributed by atoms with E-state index in [2.05, 4.69) is 0 Å². The van der Waals surface area contributed by atoms with Crippen LogP contribution in [0.1, 0.15) is 5.56 Å². The average molecular weight is 339 g/mol. The number of rotatable bonds is 4. The summed E-state index contributed by atoms with van der Waals surface area (Å²) < 4.78 is 29.0. The summed E-state index contributed by atoms with van der Waals surface area (Å²) in [5.41, 5.74) is 0.0143. The van der Waals surface area contributed by atoms with Gasteiger partial charge in [0.15, 0.2) is 5.75 Å². The lowest BCUT2D eigenvalue weighted by Gasteiger charge is -2.08.